The van der Waals surface area contributed by atoms with Crippen LogP contribution in [0.5, 0.6) is 5.75 Å². The average Bonchev–Trinajstić information content (AvgIpc) is 2.81. The fourth-order valence-corrected chi connectivity index (χ4v) is 1.56. The standard InChI is InChI=1S/C12H15N3O2/c1-8(2)17-10-6-4-3-5-9(10)11(16)12-13-7-14-15-12/h3-8,11,16H,1-2H3,(H,13,14,15). The Morgan fingerprint density at radius 1 is 1.29 bits per heavy atom. The lowest BCUT2D eigenvalue weighted by atomic mass is 10.1. The Bertz CT molecular complexity index is 468. The molecule has 0 aliphatic carbocycles. The lowest BCUT2D eigenvalue weighted by Crippen LogP contribution is -2.10. The molecule has 0 amide bonds. The smallest absolute Gasteiger partial charge is 0.157 e. The van der Waals surface area contributed by atoms with Crippen LogP contribution in [0.2, 0.25) is 0 Å². The van der Waals surface area contributed by atoms with E-state index in [1.165, 1.54) is 6.33 Å². The average molecular weight is 233 g/mol. The van der Waals surface area contributed by atoms with Crippen LogP contribution in [0.25, 0.3) is 0 Å². The van der Waals surface area contributed by atoms with Crippen molar-refractivity contribution >= 4 is 0 Å². The van der Waals surface area contributed by atoms with E-state index in [1.54, 1.807) is 0 Å². The van der Waals surface area contributed by atoms with Crippen molar-refractivity contribution in [2.24, 2.45) is 0 Å². The number of nitrogens with one attached hydrogen (secondary N) is 1. The van der Waals surface area contributed by atoms with E-state index in [4.69, 9.17) is 4.74 Å². The van der Waals surface area contributed by atoms with E-state index in [9.17, 15) is 5.11 Å². The molecule has 5 nitrogen and oxygen atoms in total. The molecule has 90 valence electrons. The van der Waals surface area contributed by atoms with E-state index in [0.29, 0.717) is 17.1 Å². The van der Waals surface area contributed by atoms with Gasteiger partial charge in [0.05, 0.1) is 6.10 Å². The Hall–Kier alpha value is -1.88. The molecular formula is C12H15N3O2. The number of H-pyrrole nitrogens is 1. The lowest BCUT2D eigenvalue weighted by molar-refractivity contribution is 0.191. The molecule has 5 heteroatoms. The fourth-order valence-electron chi connectivity index (χ4n) is 1.56. The molecule has 2 aromatic rings. The van der Waals surface area contributed by atoms with Crippen LogP contribution in [0, 0.1) is 0 Å². The monoisotopic (exact) mass is 233 g/mol. The number of nitrogens with zero attached hydrogens (tertiary/aromatic N) is 2. The first-order valence-corrected chi connectivity index (χ1v) is 5.47. The predicted octanol–water partition coefficient (Wildman–Crippen LogP) is 1.67. The van der Waals surface area contributed by atoms with Crippen molar-refractivity contribution in [3.05, 3.63) is 42.0 Å². The quantitative estimate of drug-likeness (QED) is 0.842. The minimum absolute atomic E-state index is 0.0538. The number of benzene rings is 1. The van der Waals surface area contributed by atoms with E-state index in [0.717, 1.165) is 0 Å². The summed E-state index contributed by atoms with van der Waals surface area (Å²) in [5.41, 5.74) is 0.679. The highest BCUT2D eigenvalue weighted by molar-refractivity contribution is 5.37. The molecule has 0 saturated carbocycles. The molecule has 2 N–H and O–H groups in total. The van der Waals surface area contributed by atoms with Gasteiger partial charge in [-0.15, -0.1) is 0 Å². The van der Waals surface area contributed by atoms with Crippen LogP contribution >= 0.6 is 0 Å². The summed E-state index contributed by atoms with van der Waals surface area (Å²) in [5, 5.41) is 16.5. The second-order valence-corrected chi connectivity index (χ2v) is 3.98. The zero-order valence-electron chi connectivity index (χ0n) is 9.79. The van der Waals surface area contributed by atoms with Gasteiger partial charge in [-0.05, 0) is 19.9 Å². The molecule has 1 aromatic heterocycles. The first-order valence-electron chi connectivity index (χ1n) is 5.47. The number of aliphatic hydroxyl groups excluding tert-OH is 1. The summed E-state index contributed by atoms with van der Waals surface area (Å²) in [7, 11) is 0. The van der Waals surface area contributed by atoms with E-state index >= 15 is 0 Å². The molecule has 0 fully saturated rings. The third-order valence-electron chi connectivity index (χ3n) is 2.27. The van der Waals surface area contributed by atoms with E-state index in [2.05, 4.69) is 15.2 Å². The highest BCUT2D eigenvalue weighted by Crippen LogP contribution is 2.28. The molecule has 0 bridgehead atoms. The van der Waals surface area contributed by atoms with E-state index in [-0.39, 0.29) is 6.10 Å². The normalized spacial score (nSPS) is 12.7. The Morgan fingerprint density at radius 2 is 2.06 bits per heavy atom. The van der Waals surface area contributed by atoms with Crippen molar-refractivity contribution in [2.45, 2.75) is 26.1 Å². The molecular weight excluding hydrogens is 218 g/mol. The van der Waals surface area contributed by atoms with Gasteiger partial charge in [0, 0.05) is 5.56 Å². The minimum Gasteiger partial charge on any atom is -0.491 e. The number of ether oxygens (including phenoxy) is 1. The van der Waals surface area contributed by atoms with Gasteiger partial charge in [-0.3, -0.25) is 5.10 Å². The van der Waals surface area contributed by atoms with Gasteiger partial charge in [-0.25, -0.2) is 4.98 Å². The maximum Gasteiger partial charge on any atom is 0.157 e. The van der Waals surface area contributed by atoms with Crippen molar-refractivity contribution < 1.29 is 9.84 Å². The van der Waals surface area contributed by atoms with Crippen molar-refractivity contribution in [3.8, 4) is 5.75 Å². The second-order valence-electron chi connectivity index (χ2n) is 3.98. The maximum absolute atomic E-state index is 10.2. The van der Waals surface area contributed by atoms with Gasteiger partial charge in [-0.1, -0.05) is 18.2 Å². The van der Waals surface area contributed by atoms with Crippen molar-refractivity contribution in [3.63, 3.8) is 0 Å². The number of aliphatic hydroxyl groups is 1. The highest BCUT2D eigenvalue weighted by atomic mass is 16.5. The summed E-state index contributed by atoms with van der Waals surface area (Å²) < 4.78 is 5.64. The van der Waals surface area contributed by atoms with Gasteiger partial charge in [0.15, 0.2) is 5.82 Å². The molecule has 0 aliphatic heterocycles. The van der Waals surface area contributed by atoms with Crippen LogP contribution in [-0.4, -0.2) is 26.4 Å². The van der Waals surface area contributed by atoms with Crippen LogP contribution in [0.4, 0.5) is 0 Å². The van der Waals surface area contributed by atoms with Crippen LogP contribution in [0.3, 0.4) is 0 Å². The summed E-state index contributed by atoms with van der Waals surface area (Å²) in [6.45, 7) is 3.88. The molecule has 0 spiro atoms. The molecule has 1 aromatic carbocycles. The van der Waals surface area contributed by atoms with Crippen LogP contribution in [0.15, 0.2) is 30.6 Å². The number of aromatic amines is 1. The summed E-state index contributed by atoms with van der Waals surface area (Å²) in [5.74, 6) is 1.07. The molecule has 1 heterocycles. The summed E-state index contributed by atoms with van der Waals surface area (Å²) in [6, 6.07) is 7.36. The highest BCUT2D eigenvalue weighted by Gasteiger charge is 2.18. The van der Waals surface area contributed by atoms with Crippen LogP contribution < -0.4 is 4.74 Å². The SMILES string of the molecule is CC(C)Oc1ccccc1C(O)c1ncn[nH]1. The molecule has 0 radical (unpaired) electrons. The van der Waals surface area contributed by atoms with Crippen LogP contribution in [-0.2, 0) is 0 Å². The largest absolute Gasteiger partial charge is 0.491 e. The molecule has 17 heavy (non-hydrogen) atoms. The van der Waals surface area contributed by atoms with E-state index in [1.807, 2.05) is 38.1 Å². The predicted molar refractivity (Wildman–Crippen MR) is 62.7 cm³/mol. The summed E-state index contributed by atoms with van der Waals surface area (Å²) in [4.78, 5) is 3.94. The topological polar surface area (TPSA) is 71.0 Å². The number of para-hydroxylation sites is 1. The zero-order chi connectivity index (χ0) is 12.3. The minimum atomic E-state index is -0.854. The van der Waals surface area contributed by atoms with Crippen molar-refractivity contribution in [1.29, 1.82) is 0 Å². The van der Waals surface area contributed by atoms with Gasteiger partial charge in [-0.2, -0.15) is 5.10 Å². The van der Waals surface area contributed by atoms with Crippen molar-refractivity contribution in [1.82, 2.24) is 15.2 Å². The van der Waals surface area contributed by atoms with E-state index < -0.39 is 6.10 Å². The van der Waals surface area contributed by atoms with Gasteiger partial charge in [0.25, 0.3) is 0 Å². The Kier molecular flexibility index (Phi) is 3.39. The Morgan fingerprint density at radius 3 is 2.71 bits per heavy atom. The van der Waals surface area contributed by atoms with Gasteiger partial charge >= 0.3 is 0 Å². The Balaban J connectivity index is 2.31. The van der Waals surface area contributed by atoms with Gasteiger partial charge < -0.3 is 9.84 Å². The first kappa shape index (κ1) is 11.6. The summed E-state index contributed by atoms with van der Waals surface area (Å²) >= 11 is 0. The first-order chi connectivity index (χ1) is 8.18. The maximum atomic E-state index is 10.2. The Labute approximate surface area is 99.5 Å². The lowest BCUT2D eigenvalue weighted by Gasteiger charge is -2.16. The third-order valence-corrected chi connectivity index (χ3v) is 2.27. The number of hydrogen-bond donors (Lipinski definition) is 2. The molecule has 2 rings (SSSR count). The molecule has 1 unspecified atom stereocenters. The third kappa shape index (κ3) is 2.62. The molecule has 0 saturated heterocycles. The molecule has 1 atom stereocenters. The second kappa shape index (κ2) is 4.97. The number of hydrogen-bond acceptors (Lipinski definition) is 4. The van der Waals surface area contributed by atoms with Crippen LogP contribution in [0.1, 0.15) is 31.3 Å². The molecule has 0 aliphatic rings. The van der Waals surface area contributed by atoms with Gasteiger partial charge in [0.2, 0.25) is 0 Å². The number of aromatic nitrogens is 3. The number of rotatable bonds is 4. The van der Waals surface area contributed by atoms with Crippen molar-refractivity contribution in [2.75, 3.05) is 0 Å². The zero-order valence-corrected chi connectivity index (χ0v) is 9.79. The summed E-state index contributed by atoms with van der Waals surface area (Å²) in [6.07, 6.45) is 0.565. The fraction of sp³-hybridized carbons (Fsp3) is 0.333. The van der Waals surface area contributed by atoms with Gasteiger partial charge in [0.1, 0.15) is 18.2 Å².